The van der Waals surface area contributed by atoms with Crippen molar-refractivity contribution in [1.82, 2.24) is 0 Å². The zero-order chi connectivity index (χ0) is 39.6. The van der Waals surface area contributed by atoms with Crippen LogP contribution >= 0.6 is 0 Å². The van der Waals surface area contributed by atoms with Gasteiger partial charge in [-0.2, -0.15) is 0 Å². The molecule has 314 valence electrons. The summed E-state index contributed by atoms with van der Waals surface area (Å²) in [4.78, 5) is 24.0. The quantitative estimate of drug-likeness (QED) is 0.0280. The molecule has 54 heavy (non-hydrogen) atoms. The topological polar surface area (TPSA) is 93.1 Å². The van der Waals surface area contributed by atoms with Gasteiger partial charge >= 0.3 is 11.9 Å². The molecule has 0 radical (unpaired) electrons. The van der Waals surface area contributed by atoms with Gasteiger partial charge in [-0.15, -0.1) is 0 Å². The van der Waals surface area contributed by atoms with Gasteiger partial charge in [0.1, 0.15) is 19.3 Å². The Bertz CT molecular complexity index is 937. The fourth-order valence-electron chi connectivity index (χ4n) is 6.34. The Morgan fingerprint density at radius 3 is 1.50 bits per heavy atom. The number of hydrogen-bond donors (Lipinski definition) is 2. The lowest BCUT2D eigenvalue weighted by atomic mass is 9.99. The highest BCUT2D eigenvalue weighted by Crippen LogP contribution is 2.17. The minimum Gasteiger partial charge on any atom is -0.463 e. The van der Waals surface area contributed by atoms with Crippen LogP contribution in [-0.2, 0) is 19.1 Å². The van der Waals surface area contributed by atoms with Gasteiger partial charge in [-0.1, -0.05) is 204 Å². The van der Waals surface area contributed by atoms with Gasteiger partial charge in [0.05, 0.1) is 6.10 Å². The molecule has 0 spiro atoms. The van der Waals surface area contributed by atoms with E-state index in [2.05, 4.69) is 45.1 Å². The molecule has 0 saturated heterocycles. The molecular weight excluding hydrogens is 673 g/mol. The van der Waals surface area contributed by atoms with Crippen LogP contribution in [0.15, 0.2) is 48.6 Å². The Kier molecular flexibility index (Phi) is 40.3. The Morgan fingerprint density at radius 1 is 0.519 bits per heavy atom. The first-order valence-electron chi connectivity index (χ1n) is 22.7. The van der Waals surface area contributed by atoms with E-state index in [0.717, 1.165) is 44.4 Å². The second-order valence-electron chi connectivity index (χ2n) is 15.6. The summed E-state index contributed by atoms with van der Waals surface area (Å²) in [5.74, 6) is 0.154. The molecule has 0 aromatic heterocycles. The van der Waals surface area contributed by atoms with Crippen molar-refractivity contribution in [1.29, 1.82) is 0 Å². The predicted molar refractivity (Wildman–Crippen MR) is 230 cm³/mol. The first-order valence-corrected chi connectivity index (χ1v) is 22.7. The van der Waals surface area contributed by atoms with Gasteiger partial charge in [0.15, 0.2) is 0 Å². The number of esters is 2. The van der Waals surface area contributed by atoms with Crippen molar-refractivity contribution in [2.45, 2.75) is 226 Å². The van der Waals surface area contributed by atoms with Crippen LogP contribution in [-0.4, -0.2) is 47.6 Å². The Hall–Kier alpha value is -2.18. The van der Waals surface area contributed by atoms with Crippen molar-refractivity contribution < 1.29 is 29.3 Å². The second kappa shape index (κ2) is 42.0. The highest BCUT2D eigenvalue weighted by atomic mass is 16.6. The van der Waals surface area contributed by atoms with Gasteiger partial charge in [0.2, 0.25) is 0 Å². The predicted octanol–water partition coefficient (Wildman–Crippen LogP) is 13.4. The molecule has 2 N–H and O–H groups in total. The summed E-state index contributed by atoms with van der Waals surface area (Å²) in [6.07, 6.45) is 49.2. The number of aliphatic hydroxyl groups excluding tert-OH is 2. The standard InChI is InChI=1S/C48H86O6/c1-4-6-7-8-9-10-11-18-22-25-28-31-34-38-45(49)39-36-41-48(52)54-43-46(50)42-53-47(51)40-35-32-29-26-23-20-17-15-13-12-14-16-19-21-24-27-30-33-37-44(3)5-2/h9-10,18,22,28,31,34,38,44-46,49-50H,4-8,11-17,19-21,23-27,29-30,32-33,35-37,39-43H2,1-3H3/b10-9-,22-18-,31-28-,38-34+/t44?,45-,46-/m1/s1. The van der Waals surface area contributed by atoms with Crippen molar-refractivity contribution in [2.24, 2.45) is 5.92 Å². The number of carbonyl (C=O) groups excluding carboxylic acids is 2. The Labute approximate surface area is 333 Å². The molecule has 0 aromatic rings. The molecule has 6 heteroatoms. The first kappa shape index (κ1) is 51.8. The monoisotopic (exact) mass is 759 g/mol. The van der Waals surface area contributed by atoms with Gasteiger partial charge in [-0.25, -0.2) is 0 Å². The molecule has 0 saturated carbocycles. The van der Waals surface area contributed by atoms with Crippen LogP contribution in [0.2, 0.25) is 0 Å². The molecule has 3 atom stereocenters. The average Bonchev–Trinajstić information content (AvgIpc) is 3.17. The molecular formula is C48H86O6. The zero-order valence-electron chi connectivity index (χ0n) is 35.5. The molecule has 0 heterocycles. The molecule has 1 unspecified atom stereocenters. The van der Waals surface area contributed by atoms with Gasteiger partial charge in [-0.05, 0) is 50.9 Å². The smallest absolute Gasteiger partial charge is 0.305 e. The van der Waals surface area contributed by atoms with Crippen molar-refractivity contribution in [2.75, 3.05) is 13.2 Å². The van der Waals surface area contributed by atoms with E-state index in [1.165, 1.54) is 128 Å². The number of rotatable bonds is 40. The van der Waals surface area contributed by atoms with Crippen molar-refractivity contribution in [3.05, 3.63) is 48.6 Å². The Morgan fingerprint density at radius 2 is 0.981 bits per heavy atom. The third-order valence-electron chi connectivity index (χ3n) is 10.2. The van der Waals surface area contributed by atoms with E-state index in [9.17, 15) is 19.8 Å². The SMILES string of the molecule is CCCCC/C=C\C/C=C\C/C=C\C=C\[C@@H](O)CCCC(=O)OC[C@H](O)COC(=O)CCCCCCCCCCCCCCCCCCCCC(C)CC. The van der Waals surface area contributed by atoms with E-state index < -0.39 is 18.2 Å². The number of allylic oxidation sites excluding steroid dienone is 7. The fourth-order valence-corrected chi connectivity index (χ4v) is 6.34. The molecule has 0 fully saturated rings. The fraction of sp³-hybridized carbons (Fsp3) is 0.792. The number of ether oxygens (including phenoxy) is 2. The van der Waals surface area contributed by atoms with Crippen LogP contribution in [0.5, 0.6) is 0 Å². The van der Waals surface area contributed by atoms with Crippen LogP contribution in [0.1, 0.15) is 213 Å². The van der Waals surface area contributed by atoms with Crippen molar-refractivity contribution >= 4 is 11.9 Å². The molecule has 0 bridgehead atoms. The minimum atomic E-state index is -1.04. The summed E-state index contributed by atoms with van der Waals surface area (Å²) in [5.41, 5.74) is 0. The van der Waals surface area contributed by atoms with Crippen molar-refractivity contribution in [3.8, 4) is 0 Å². The average molecular weight is 759 g/mol. The van der Waals surface area contributed by atoms with Gasteiger partial charge in [0.25, 0.3) is 0 Å². The first-order chi connectivity index (χ1) is 26.4. The molecule has 0 aliphatic rings. The normalized spacial score (nSPS) is 13.8. The molecule has 0 amide bonds. The lowest BCUT2D eigenvalue weighted by molar-refractivity contribution is -0.152. The van der Waals surface area contributed by atoms with E-state index in [-0.39, 0.29) is 25.6 Å². The van der Waals surface area contributed by atoms with Crippen LogP contribution in [0.4, 0.5) is 0 Å². The van der Waals surface area contributed by atoms with E-state index in [1.807, 2.05) is 18.2 Å². The summed E-state index contributed by atoms with van der Waals surface area (Å²) >= 11 is 0. The summed E-state index contributed by atoms with van der Waals surface area (Å²) in [5, 5.41) is 20.2. The molecule has 0 rings (SSSR count). The molecule has 0 aromatic carbocycles. The number of aliphatic hydroxyl groups is 2. The highest BCUT2D eigenvalue weighted by molar-refractivity contribution is 5.69. The summed E-state index contributed by atoms with van der Waals surface area (Å²) in [6, 6.07) is 0. The van der Waals surface area contributed by atoms with Crippen LogP contribution in [0.25, 0.3) is 0 Å². The van der Waals surface area contributed by atoms with Gasteiger partial charge in [-0.3, -0.25) is 9.59 Å². The van der Waals surface area contributed by atoms with Crippen LogP contribution in [0.3, 0.4) is 0 Å². The van der Waals surface area contributed by atoms with E-state index in [1.54, 1.807) is 6.08 Å². The number of carbonyl (C=O) groups is 2. The van der Waals surface area contributed by atoms with Gasteiger partial charge in [0, 0.05) is 12.8 Å². The number of hydrogen-bond acceptors (Lipinski definition) is 6. The lowest BCUT2D eigenvalue weighted by Crippen LogP contribution is -2.25. The summed E-state index contributed by atoms with van der Waals surface area (Å²) < 4.78 is 10.3. The largest absolute Gasteiger partial charge is 0.463 e. The Balaban J connectivity index is 3.55. The van der Waals surface area contributed by atoms with Crippen LogP contribution in [0, 0.1) is 5.92 Å². The van der Waals surface area contributed by atoms with E-state index in [0.29, 0.717) is 19.3 Å². The summed E-state index contributed by atoms with van der Waals surface area (Å²) in [6.45, 7) is 6.52. The maximum absolute atomic E-state index is 12.0. The van der Waals surface area contributed by atoms with Gasteiger partial charge < -0.3 is 19.7 Å². The molecule has 0 aliphatic carbocycles. The molecule has 0 aliphatic heterocycles. The maximum Gasteiger partial charge on any atom is 0.305 e. The summed E-state index contributed by atoms with van der Waals surface area (Å²) in [7, 11) is 0. The van der Waals surface area contributed by atoms with Crippen molar-refractivity contribution in [3.63, 3.8) is 0 Å². The number of unbranched alkanes of at least 4 members (excludes halogenated alkanes) is 20. The third kappa shape index (κ3) is 41.0. The van der Waals surface area contributed by atoms with Crippen LogP contribution < -0.4 is 0 Å². The maximum atomic E-state index is 12.0. The minimum absolute atomic E-state index is 0.157. The van der Waals surface area contributed by atoms with E-state index in [4.69, 9.17) is 9.47 Å². The van der Waals surface area contributed by atoms with E-state index >= 15 is 0 Å². The second-order valence-corrected chi connectivity index (χ2v) is 15.6. The zero-order valence-corrected chi connectivity index (χ0v) is 35.5. The highest BCUT2D eigenvalue weighted by Gasteiger charge is 2.12. The third-order valence-corrected chi connectivity index (χ3v) is 10.2. The molecule has 6 nitrogen and oxygen atoms in total. The lowest BCUT2D eigenvalue weighted by Gasteiger charge is -2.12.